The van der Waals surface area contributed by atoms with Crippen LogP contribution in [-0.4, -0.2) is 4.98 Å². The van der Waals surface area contributed by atoms with Crippen molar-refractivity contribution in [3.05, 3.63) is 34.4 Å². The van der Waals surface area contributed by atoms with E-state index >= 15 is 0 Å². The number of halogens is 2. The molecule has 0 aliphatic heterocycles. The molecule has 66 valence electrons. The van der Waals surface area contributed by atoms with Gasteiger partial charge in [0, 0.05) is 10.4 Å². The molecule has 0 aliphatic rings. The van der Waals surface area contributed by atoms with Crippen molar-refractivity contribution < 1.29 is 0 Å². The molecule has 2 aromatic rings. The molecule has 0 unspecified atom stereocenters. The van der Waals surface area contributed by atoms with Gasteiger partial charge in [0.2, 0.25) is 0 Å². The zero-order valence-electron chi connectivity index (χ0n) is 6.59. The minimum Gasteiger partial charge on any atom is -0.397 e. The fourth-order valence-corrected chi connectivity index (χ4v) is 1.71. The molecule has 1 aromatic carbocycles. The number of hydrogen-bond donors (Lipinski definition) is 1. The van der Waals surface area contributed by atoms with Crippen molar-refractivity contribution in [3.63, 3.8) is 0 Å². The fourth-order valence-electron chi connectivity index (χ4n) is 1.17. The van der Waals surface area contributed by atoms with E-state index in [-0.39, 0.29) is 0 Å². The summed E-state index contributed by atoms with van der Waals surface area (Å²) in [6.07, 6.45) is 1.58. The van der Waals surface area contributed by atoms with Gasteiger partial charge in [-0.15, -0.1) is 0 Å². The van der Waals surface area contributed by atoms with E-state index in [1.807, 2.05) is 0 Å². The Morgan fingerprint density at radius 2 is 1.92 bits per heavy atom. The molecule has 1 heterocycles. The molecule has 0 bridgehead atoms. The van der Waals surface area contributed by atoms with Crippen LogP contribution in [0.15, 0.2) is 24.4 Å². The quantitative estimate of drug-likeness (QED) is 0.730. The van der Waals surface area contributed by atoms with Crippen LogP contribution < -0.4 is 5.73 Å². The zero-order valence-corrected chi connectivity index (χ0v) is 8.10. The Kier molecular flexibility index (Phi) is 2.02. The predicted molar refractivity (Wildman–Crippen MR) is 56.2 cm³/mol. The van der Waals surface area contributed by atoms with E-state index in [9.17, 15) is 0 Å². The third-order valence-electron chi connectivity index (χ3n) is 1.74. The highest BCUT2D eigenvalue weighted by atomic mass is 35.5. The summed E-state index contributed by atoms with van der Waals surface area (Å²) in [6, 6.07) is 5.20. The first-order valence-corrected chi connectivity index (χ1v) is 4.43. The van der Waals surface area contributed by atoms with Gasteiger partial charge < -0.3 is 5.73 Å². The van der Waals surface area contributed by atoms with Gasteiger partial charge in [0.1, 0.15) is 0 Å². The Hall–Kier alpha value is -0.990. The zero-order chi connectivity index (χ0) is 9.42. The van der Waals surface area contributed by atoms with Crippen molar-refractivity contribution in [1.82, 2.24) is 4.98 Å². The molecular formula is C9H6Cl2N2. The van der Waals surface area contributed by atoms with Crippen LogP contribution in [0.4, 0.5) is 5.69 Å². The lowest BCUT2D eigenvalue weighted by Gasteiger charge is -2.01. The maximum absolute atomic E-state index is 5.95. The van der Waals surface area contributed by atoms with Crippen LogP contribution in [0.2, 0.25) is 10.0 Å². The number of rotatable bonds is 0. The first-order valence-electron chi connectivity index (χ1n) is 3.67. The highest BCUT2D eigenvalue weighted by Gasteiger charge is 2.02. The van der Waals surface area contributed by atoms with Crippen LogP contribution in [-0.2, 0) is 0 Å². The van der Waals surface area contributed by atoms with Crippen LogP contribution in [0.25, 0.3) is 10.9 Å². The van der Waals surface area contributed by atoms with Gasteiger partial charge in [-0.3, -0.25) is 4.98 Å². The predicted octanol–water partition coefficient (Wildman–Crippen LogP) is 3.12. The number of hydrogen-bond acceptors (Lipinski definition) is 2. The van der Waals surface area contributed by atoms with E-state index in [0.29, 0.717) is 15.7 Å². The van der Waals surface area contributed by atoms with Crippen molar-refractivity contribution >= 4 is 39.8 Å². The van der Waals surface area contributed by atoms with Gasteiger partial charge in [-0.05, 0) is 18.2 Å². The number of anilines is 1. The second-order valence-electron chi connectivity index (χ2n) is 2.72. The molecule has 0 radical (unpaired) electrons. The Morgan fingerprint density at radius 3 is 2.69 bits per heavy atom. The SMILES string of the molecule is Nc1cnc2cc(Cl)cc(Cl)c2c1. The maximum Gasteiger partial charge on any atom is 0.0733 e. The maximum atomic E-state index is 5.95. The topological polar surface area (TPSA) is 38.9 Å². The van der Waals surface area contributed by atoms with Gasteiger partial charge in [0.25, 0.3) is 0 Å². The van der Waals surface area contributed by atoms with Crippen LogP contribution in [0.5, 0.6) is 0 Å². The number of nitrogens with two attached hydrogens (primary N) is 1. The third-order valence-corrected chi connectivity index (χ3v) is 2.27. The van der Waals surface area contributed by atoms with Crippen molar-refractivity contribution in [2.75, 3.05) is 5.73 Å². The van der Waals surface area contributed by atoms with E-state index in [4.69, 9.17) is 28.9 Å². The summed E-state index contributed by atoms with van der Waals surface area (Å²) in [5.74, 6) is 0. The average Bonchev–Trinajstić information content (AvgIpc) is 2.06. The van der Waals surface area contributed by atoms with Gasteiger partial charge in [-0.2, -0.15) is 0 Å². The number of fused-ring (bicyclic) bond motifs is 1. The summed E-state index contributed by atoms with van der Waals surface area (Å²) in [4.78, 5) is 4.11. The van der Waals surface area contributed by atoms with Crippen LogP contribution in [0.3, 0.4) is 0 Å². The van der Waals surface area contributed by atoms with E-state index in [2.05, 4.69) is 4.98 Å². The Balaban J connectivity index is 2.87. The number of nitrogen functional groups attached to an aromatic ring is 1. The first kappa shape index (κ1) is 8.60. The molecule has 2 rings (SSSR count). The van der Waals surface area contributed by atoms with Crippen molar-refractivity contribution in [1.29, 1.82) is 0 Å². The molecule has 13 heavy (non-hydrogen) atoms. The van der Waals surface area contributed by atoms with Gasteiger partial charge >= 0.3 is 0 Å². The number of benzene rings is 1. The molecule has 1 aromatic heterocycles. The van der Waals surface area contributed by atoms with Gasteiger partial charge in [-0.25, -0.2) is 0 Å². The van der Waals surface area contributed by atoms with Crippen LogP contribution in [0.1, 0.15) is 0 Å². The van der Waals surface area contributed by atoms with Crippen molar-refractivity contribution in [3.8, 4) is 0 Å². The Labute approximate surface area is 85.3 Å². The fraction of sp³-hybridized carbons (Fsp3) is 0. The van der Waals surface area contributed by atoms with E-state index in [0.717, 1.165) is 10.9 Å². The summed E-state index contributed by atoms with van der Waals surface area (Å²) >= 11 is 11.8. The molecule has 0 aliphatic carbocycles. The van der Waals surface area contributed by atoms with E-state index in [1.165, 1.54) is 0 Å². The highest BCUT2D eigenvalue weighted by Crippen LogP contribution is 2.27. The minimum absolute atomic E-state index is 0.572. The molecule has 0 atom stereocenters. The van der Waals surface area contributed by atoms with E-state index in [1.54, 1.807) is 24.4 Å². The summed E-state index contributed by atoms with van der Waals surface area (Å²) in [7, 11) is 0. The summed E-state index contributed by atoms with van der Waals surface area (Å²) in [5, 5.41) is 1.98. The largest absolute Gasteiger partial charge is 0.397 e. The number of pyridine rings is 1. The lowest BCUT2D eigenvalue weighted by Crippen LogP contribution is -1.87. The molecule has 2 nitrogen and oxygen atoms in total. The Bertz CT molecular complexity index is 468. The lowest BCUT2D eigenvalue weighted by molar-refractivity contribution is 1.41. The molecule has 0 spiro atoms. The van der Waals surface area contributed by atoms with Crippen LogP contribution >= 0.6 is 23.2 Å². The standard InChI is InChI=1S/C9H6Cl2N2/c10-5-1-8(11)7-3-6(12)4-13-9(7)2-5/h1-4H,12H2. The summed E-state index contributed by atoms with van der Waals surface area (Å²) in [6.45, 7) is 0. The third kappa shape index (κ3) is 1.55. The molecule has 0 saturated carbocycles. The van der Waals surface area contributed by atoms with Gasteiger partial charge in [0.15, 0.2) is 0 Å². The molecular weight excluding hydrogens is 207 g/mol. The van der Waals surface area contributed by atoms with Crippen molar-refractivity contribution in [2.45, 2.75) is 0 Å². The average molecular weight is 213 g/mol. The molecule has 0 amide bonds. The highest BCUT2D eigenvalue weighted by molar-refractivity contribution is 6.38. The summed E-state index contributed by atoms with van der Waals surface area (Å²) in [5.41, 5.74) is 6.93. The lowest BCUT2D eigenvalue weighted by atomic mass is 10.2. The first-order chi connectivity index (χ1) is 6.16. The van der Waals surface area contributed by atoms with Crippen molar-refractivity contribution in [2.24, 2.45) is 0 Å². The second kappa shape index (κ2) is 3.05. The van der Waals surface area contributed by atoms with Gasteiger partial charge in [-0.1, -0.05) is 23.2 Å². The monoisotopic (exact) mass is 212 g/mol. The number of nitrogens with zero attached hydrogens (tertiary/aromatic N) is 1. The minimum atomic E-state index is 0.572. The van der Waals surface area contributed by atoms with Crippen LogP contribution in [0, 0.1) is 0 Å². The second-order valence-corrected chi connectivity index (χ2v) is 3.57. The molecule has 4 heteroatoms. The molecule has 0 saturated heterocycles. The van der Waals surface area contributed by atoms with E-state index < -0.39 is 0 Å². The summed E-state index contributed by atoms with van der Waals surface area (Å²) < 4.78 is 0. The number of aromatic nitrogens is 1. The molecule has 0 fully saturated rings. The Morgan fingerprint density at radius 1 is 1.15 bits per heavy atom. The normalized spacial score (nSPS) is 10.6. The molecule has 2 N–H and O–H groups in total. The van der Waals surface area contributed by atoms with Gasteiger partial charge in [0.05, 0.1) is 22.4 Å². The smallest absolute Gasteiger partial charge is 0.0733 e.